The molecule has 1 aliphatic heterocycles. The van der Waals surface area contributed by atoms with Crippen molar-refractivity contribution in [3.05, 3.63) is 35.6 Å². The number of carbonyl (C=O) groups excluding carboxylic acids is 1. The molecule has 1 saturated heterocycles. The van der Waals surface area contributed by atoms with E-state index in [9.17, 15) is 18.0 Å². The highest BCUT2D eigenvalue weighted by molar-refractivity contribution is 5.79. The van der Waals surface area contributed by atoms with Crippen molar-refractivity contribution in [2.24, 2.45) is 0 Å². The largest absolute Gasteiger partial charge is 0.459 e. The molecule has 0 bridgehead atoms. The molecule has 25 heavy (non-hydrogen) atoms. The Morgan fingerprint density at radius 3 is 2.52 bits per heavy atom. The highest BCUT2D eigenvalue weighted by atomic mass is 19.4. The van der Waals surface area contributed by atoms with Crippen LogP contribution in [-0.4, -0.2) is 53.6 Å². The maximum Gasteiger partial charge on any atom is 0.416 e. The zero-order valence-electron chi connectivity index (χ0n) is 13.7. The van der Waals surface area contributed by atoms with Crippen LogP contribution in [0.5, 0.6) is 0 Å². The minimum absolute atomic E-state index is 0.117. The second-order valence-corrected chi connectivity index (χ2v) is 6.15. The number of hydrogen-bond donors (Lipinski definition) is 1. The average Bonchev–Trinajstić information content (AvgIpc) is 3.03. The summed E-state index contributed by atoms with van der Waals surface area (Å²) >= 11 is 0. The van der Waals surface area contributed by atoms with E-state index < -0.39 is 18.3 Å². The van der Waals surface area contributed by atoms with Gasteiger partial charge in [-0.25, -0.2) is 0 Å². The first kappa shape index (κ1) is 17.8. The highest BCUT2D eigenvalue weighted by Crippen LogP contribution is 2.34. The molecule has 136 valence electrons. The summed E-state index contributed by atoms with van der Waals surface area (Å²) in [6.07, 6.45) is -4.38. The van der Waals surface area contributed by atoms with Crippen LogP contribution in [0.1, 0.15) is 24.3 Å². The van der Waals surface area contributed by atoms with Crippen LogP contribution < -0.4 is 0 Å². The standard InChI is InChI=1S/C17H19F3N2O3/c1-11(21-4-6-22(7-5-21)16(24)10-23)15-9-12-8-13(17(18,19)20)2-3-14(12)25-15/h2-3,8-9,11,23H,4-7,10H2,1H3. The predicted molar refractivity (Wildman–Crippen MR) is 84.9 cm³/mol. The zero-order valence-corrected chi connectivity index (χ0v) is 13.7. The minimum atomic E-state index is -4.38. The van der Waals surface area contributed by atoms with Crippen molar-refractivity contribution in [2.75, 3.05) is 32.8 Å². The molecule has 0 radical (unpaired) electrons. The number of furan rings is 1. The monoisotopic (exact) mass is 356 g/mol. The number of hydrogen-bond acceptors (Lipinski definition) is 4. The lowest BCUT2D eigenvalue weighted by Crippen LogP contribution is -2.49. The molecule has 0 aliphatic carbocycles. The number of amides is 1. The number of rotatable bonds is 3. The number of benzene rings is 1. The third-order valence-corrected chi connectivity index (χ3v) is 4.62. The summed E-state index contributed by atoms with van der Waals surface area (Å²) in [5, 5.41) is 9.32. The molecule has 3 rings (SSSR count). The molecule has 2 aromatic rings. The number of nitrogens with zero attached hydrogens (tertiary/aromatic N) is 2. The summed E-state index contributed by atoms with van der Waals surface area (Å²) in [6.45, 7) is 3.65. The van der Waals surface area contributed by atoms with E-state index in [-0.39, 0.29) is 11.9 Å². The molecule has 5 nitrogen and oxygen atoms in total. The number of halogens is 3. The van der Waals surface area contributed by atoms with Crippen LogP contribution in [-0.2, 0) is 11.0 Å². The van der Waals surface area contributed by atoms with Crippen LogP contribution in [0.2, 0.25) is 0 Å². The lowest BCUT2D eigenvalue weighted by molar-refractivity contribution is -0.137. The lowest BCUT2D eigenvalue weighted by Gasteiger charge is -2.37. The van der Waals surface area contributed by atoms with Crippen LogP contribution in [0, 0.1) is 0 Å². The normalized spacial score (nSPS) is 17.9. The number of aliphatic hydroxyl groups is 1. The van der Waals surface area contributed by atoms with Crippen LogP contribution in [0.25, 0.3) is 11.0 Å². The van der Waals surface area contributed by atoms with E-state index in [0.717, 1.165) is 12.1 Å². The molecule has 0 spiro atoms. The van der Waals surface area contributed by atoms with Gasteiger partial charge in [-0.1, -0.05) is 0 Å². The van der Waals surface area contributed by atoms with Crippen molar-refractivity contribution in [1.29, 1.82) is 0 Å². The Morgan fingerprint density at radius 1 is 1.24 bits per heavy atom. The topological polar surface area (TPSA) is 56.9 Å². The van der Waals surface area contributed by atoms with Crippen molar-refractivity contribution in [3.8, 4) is 0 Å². The van der Waals surface area contributed by atoms with E-state index in [4.69, 9.17) is 9.52 Å². The fourth-order valence-corrected chi connectivity index (χ4v) is 3.08. The van der Waals surface area contributed by atoms with E-state index in [1.165, 1.54) is 6.07 Å². The smallest absolute Gasteiger partial charge is 0.416 e. The predicted octanol–water partition coefficient (Wildman–Crippen LogP) is 2.65. The van der Waals surface area contributed by atoms with Gasteiger partial charge >= 0.3 is 6.18 Å². The fraction of sp³-hybridized carbons (Fsp3) is 0.471. The molecule has 0 saturated carbocycles. The first-order valence-corrected chi connectivity index (χ1v) is 8.03. The van der Waals surface area contributed by atoms with Crippen LogP contribution in [0.15, 0.2) is 28.7 Å². The molecule has 2 heterocycles. The SMILES string of the molecule is CC(c1cc2cc(C(F)(F)F)ccc2o1)N1CCN(C(=O)CO)CC1. The summed E-state index contributed by atoms with van der Waals surface area (Å²) < 4.78 is 44.2. The van der Waals surface area contributed by atoms with E-state index in [2.05, 4.69) is 4.90 Å². The molecule has 1 N–H and O–H groups in total. The van der Waals surface area contributed by atoms with Crippen LogP contribution >= 0.6 is 0 Å². The van der Waals surface area contributed by atoms with Gasteiger partial charge in [0.15, 0.2) is 0 Å². The molecular weight excluding hydrogens is 337 g/mol. The van der Waals surface area contributed by atoms with Gasteiger partial charge in [0, 0.05) is 31.6 Å². The van der Waals surface area contributed by atoms with Crippen molar-refractivity contribution in [2.45, 2.75) is 19.1 Å². The van der Waals surface area contributed by atoms with Gasteiger partial charge in [-0.05, 0) is 31.2 Å². The zero-order chi connectivity index (χ0) is 18.2. The first-order valence-electron chi connectivity index (χ1n) is 8.03. The lowest BCUT2D eigenvalue weighted by atomic mass is 10.1. The van der Waals surface area contributed by atoms with Crippen molar-refractivity contribution in [3.63, 3.8) is 0 Å². The summed E-state index contributed by atoms with van der Waals surface area (Å²) in [5.74, 6) is 0.298. The Labute approximate surface area is 142 Å². The highest BCUT2D eigenvalue weighted by Gasteiger charge is 2.31. The van der Waals surface area contributed by atoms with E-state index in [1.54, 1.807) is 11.0 Å². The quantitative estimate of drug-likeness (QED) is 0.919. The number of piperazine rings is 1. The molecule has 1 atom stereocenters. The molecular formula is C17H19F3N2O3. The number of aliphatic hydroxyl groups excluding tert-OH is 1. The number of carbonyl (C=O) groups is 1. The Balaban J connectivity index is 1.74. The Morgan fingerprint density at radius 2 is 1.92 bits per heavy atom. The van der Waals surface area contributed by atoms with E-state index in [1.807, 2.05) is 6.92 Å². The maximum atomic E-state index is 12.8. The summed E-state index contributed by atoms with van der Waals surface area (Å²) in [6, 6.07) is 4.97. The summed E-state index contributed by atoms with van der Waals surface area (Å²) in [5.41, 5.74) is -0.278. The van der Waals surface area contributed by atoms with Crippen LogP contribution in [0.3, 0.4) is 0 Å². The first-order chi connectivity index (χ1) is 11.8. The van der Waals surface area contributed by atoms with Gasteiger partial charge in [0.1, 0.15) is 18.0 Å². The molecule has 1 amide bonds. The van der Waals surface area contributed by atoms with Crippen molar-refractivity contribution in [1.82, 2.24) is 9.80 Å². The van der Waals surface area contributed by atoms with Gasteiger partial charge in [-0.15, -0.1) is 0 Å². The van der Waals surface area contributed by atoms with Gasteiger partial charge < -0.3 is 14.4 Å². The molecule has 1 aliphatic rings. The van der Waals surface area contributed by atoms with Crippen molar-refractivity contribution >= 4 is 16.9 Å². The average molecular weight is 356 g/mol. The van der Waals surface area contributed by atoms with Crippen LogP contribution in [0.4, 0.5) is 13.2 Å². The van der Waals surface area contributed by atoms with Gasteiger partial charge in [0.2, 0.25) is 5.91 Å². The Bertz CT molecular complexity index is 764. The molecule has 1 aromatic carbocycles. The van der Waals surface area contributed by atoms with Gasteiger partial charge in [-0.2, -0.15) is 13.2 Å². The third kappa shape index (κ3) is 3.64. The molecule has 1 fully saturated rings. The summed E-state index contributed by atoms with van der Waals surface area (Å²) in [4.78, 5) is 15.2. The maximum absolute atomic E-state index is 12.8. The minimum Gasteiger partial charge on any atom is -0.459 e. The van der Waals surface area contributed by atoms with Gasteiger partial charge in [0.25, 0.3) is 0 Å². The third-order valence-electron chi connectivity index (χ3n) is 4.62. The Hall–Kier alpha value is -2.06. The Kier molecular flexibility index (Phi) is 4.75. The van der Waals surface area contributed by atoms with E-state index in [0.29, 0.717) is 42.9 Å². The van der Waals surface area contributed by atoms with Gasteiger partial charge in [0.05, 0.1) is 11.6 Å². The summed E-state index contributed by atoms with van der Waals surface area (Å²) in [7, 11) is 0. The molecule has 8 heteroatoms. The molecule has 1 unspecified atom stereocenters. The second kappa shape index (κ2) is 6.68. The second-order valence-electron chi connectivity index (χ2n) is 6.15. The molecule has 1 aromatic heterocycles. The fourth-order valence-electron chi connectivity index (χ4n) is 3.08. The number of fused-ring (bicyclic) bond motifs is 1. The van der Waals surface area contributed by atoms with Crippen molar-refractivity contribution < 1.29 is 27.5 Å². The number of alkyl halides is 3. The van der Waals surface area contributed by atoms with Gasteiger partial charge in [-0.3, -0.25) is 9.69 Å². The van der Waals surface area contributed by atoms with E-state index >= 15 is 0 Å².